The Kier molecular flexibility index (Phi) is 2.01. The Bertz CT molecular complexity index is 330. The molecular formula is C8H6O3. The standard InChI is InChI=1S/C8H6O3/c9-5-6-1-3-7(10)8(11)4-2-6/h1-5H,(H,10,11). The van der Waals surface area contributed by atoms with E-state index in [-0.39, 0.29) is 5.75 Å². The fourth-order valence-corrected chi connectivity index (χ4v) is 0.649. The summed E-state index contributed by atoms with van der Waals surface area (Å²) in [6, 6.07) is 5.09. The molecule has 56 valence electrons. The maximum atomic E-state index is 10.7. The highest BCUT2D eigenvalue weighted by Gasteiger charge is 1.91. The van der Waals surface area contributed by atoms with Crippen molar-refractivity contribution in [3.63, 3.8) is 0 Å². The van der Waals surface area contributed by atoms with Gasteiger partial charge < -0.3 is 5.11 Å². The van der Waals surface area contributed by atoms with E-state index >= 15 is 0 Å². The minimum absolute atomic E-state index is 0.349. The van der Waals surface area contributed by atoms with Crippen LogP contribution in [0.15, 0.2) is 29.1 Å². The molecule has 3 nitrogen and oxygen atoms in total. The van der Waals surface area contributed by atoms with Gasteiger partial charge in [0.05, 0.1) is 0 Å². The topological polar surface area (TPSA) is 54.4 Å². The molecule has 11 heavy (non-hydrogen) atoms. The van der Waals surface area contributed by atoms with Crippen molar-refractivity contribution in [3.05, 3.63) is 40.1 Å². The van der Waals surface area contributed by atoms with Gasteiger partial charge in [-0.3, -0.25) is 9.59 Å². The zero-order chi connectivity index (χ0) is 8.27. The van der Waals surface area contributed by atoms with Gasteiger partial charge >= 0.3 is 0 Å². The highest BCUT2D eigenvalue weighted by molar-refractivity contribution is 5.74. The van der Waals surface area contributed by atoms with E-state index in [1.165, 1.54) is 18.2 Å². The number of rotatable bonds is 1. The van der Waals surface area contributed by atoms with Gasteiger partial charge in [-0.2, -0.15) is 0 Å². The Morgan fingerprint density at radius 1 is 1.18 bits per heavy atom. The van der Waals surface area contributed by atoms with Crippen LogP contribution in [0, 0.1) is 0 Å². The predicted octanol–water partition coefficient (Wildman–Crippen LogP) is 0.565. The van der Waals surface area contributed by atoms with Crippen LogP contribution in [0.25, 0.3) is 0 Å². The molecule has 3 heteroatoms. The van der Waals surface area contributed by atoms with E-state index in [1.807, 2.05) is 0 Å². The van der Waals surface area contributed by atoms with Gasteiger partial charge in [0, 0.05) is 5.56 Å². The smallest absolute Gasteiger partial charge is 0.220 e. The lowest BCUT2D eigenvalue weighted by Crippen LogP contribution is -1.91. The third-order valence-electron chi connectivity index (χ3n) is 1.25. The molecule has 0 saturated carbocycles. The Morgan fingerprint density at radius 2 is 1.82 bits per heavy atom. The van der Waals surface area contributed by atoms with Crippen LogP contribution in [0.5, 0.6) is 5.75 Å². The van der Waals surface area contributed by atoms with Crippen molar-refractivity contribution in [2.45, 2.75) is 0 Å². The van der Waals surface area contributed by atoms with Gasteiger partial charge in [0.2, 0.25) is 5.43 Å². The highest BCUT2D eigenvalue weighted by atomic mass is 16.3. The van der Waals surface area contributed by atoms with Crippen LogP contribution in [0.1, 0.15) is 10.4 Å². The zero-order valence-electron chi connectivity index (χ0n) is 5.65. The van der Waals surface area contributed by atoms with Gasteiger partial charge in [0.25, 0.3) is 0 Å². The van der Waals surface area contributed by atoms with E-state index in [0.717, 1.165) is 6.07 Å². The maximum Gasteiger partial charge on any atom is 0.220 e. The highest BCUT2D eigenvalue weighted by Crippen LogP contribution is 1.98. The fraction of sp³-hybridized carbons (Fsp3) is 0. The molecule has 0 amide bonds. The average molecular weight is 150 g/mol. The molecule has 1 N–H and O–H groups in total. The minimum atomic E-state index is -0.488. The number of hydrogen-bond acceptors (Lipinski definition) is 3. The minimum Gasteiger partial charge on any atom is -0.504 e. The molecule has 0 aliphatic rings. The SMILES string of the molecule is O=Cc1ccc(O)c(=O)cc1. The summed E-state index contributed by atoms with van der Waals surface area (Å²) in [5.41, 5.74) is -0.125. The average Bonchev–Trinajstić information content (AvgIpc) is 2.16. The summed E-state index contributed by atoms with van der Waals surface area (Å²) in [6.07, 6.45) is 0.610. The molecule has 1 aromatic carbocycles. The van der Waals surface area contributed by atoms with Crippen LogP contribution in [0.2, 0.25) is 0 Å². The molecule has 0 aliphatic heterocycles. The van der Waals surface area contributed by atoms with Crippen LogP contribution in [-0.4, -0.2) is 11.4 Å². The van der Waals surface area contributed by atoms with E-state index in [4.69, 9.17) is 5.11 Å². The summed E-state index contributed by atoms with van der Waals surface area (Å²) < 4.78 is 0. The van der Waals surface area contributed by atoms with Crippen molar-refractivity contribution < 1.29 is 9.90 Å². The largest absolute Gasteiger partial charge is 0.504 e. The number of carbonyl (C=O) groups excluding carboxylic acids is 1. The number of aldehydes is 1. The normalized spacial score (nSPS) is 9.09. The second-order valence-electron chi connectivity index (χ2n) is 2.03. The Labute approximate surface area is 62.9 Å². The van der Waals surface area contributed by atoms with Crippen molar-refractivity contribution in [1.29, 1.82) is 0 Å². The molecule has 0 saturated heterocycles. The Balaban J connectivity index is 3.39. The molecule has 0 atom stereocenters. The van der Waals surface area contributed by atoms with E-state index in [0.29, 0.717) is 11.8 Å². The van der Waals surface area contributed by atoms with Gasteiger partial charge in [-0.25, -0.2) is 0 Å². The van der Waals surface area contributed by atoms with Crippen molar-refractivity contribution in [2.75, 3.05) is 0 Å². The van der Waals surface area contributed by atoms with Gasteiger partial charge in [-0.15, -0.1) is 0 Å². The fourth-order valence-electron chi connectivity index (χ4n) is 0.649. The molecule has 0 fully saturated rings. The molecule has 1 aromatic rings. The predicted molar refractivity (Wildman–Crippen MR) is 39.8 cm³/mol. The number of hydrogen-bond donors (Lipinski definition) is 1. The summed E-state index contributed by atoms with van der Waals surface area (Å²) >= 11 is 0. The van der Waals surface area contributed by atoms with Crippen molar-refractivity contribution in [2.24, 2.45) is 0 Å². The van der Waals surface area contributed by atoms with Gasteiger partial charge in [0.1, 0.15) is 6.29 Å². The van der Waals surface area contributed by atoms with E-state index < -0.39 is 5.43 Å². The third-order valence-corrected chi connectivity index (χ3v) is 1.25. The summed E-state index contributed by atoms with van der Waals surface area (Å²) in [5.74, 6) is -0.349. The molecule has 0 bridgehead atoms. The molecule has 0 aliphatic carbocycles. The first-order valence-electron chi connectivity index (χ1n) is 3.02. The van der Waals surface area contributed by atoms with Crippen LogP contribution in [-0.2, 0) is 0 Å². The van der Waals surface area contributed by atoms with Crippen molar-refractivity contribution in [1.82, 2.24) is 0 Å². The van der Waals surface area contributed by atoms with Crippen LogP contribution in [0.4, 0.5) is 0 Å². The van der Waals surface area contributed by atoms with E-state index in [2.05, 4.69) is 0 Å². The number of aromatic hydroxyl groups is 1. The molecule has 0 radical (unpaired) electrons. The van der Waals surface area contributed by atoms with Gasteiger partial charge in [-0.05, 0) is 24.3 Å². The van der Waals surface area contributed by atoms with Crippen molar-refractivity contribution in [3.8, 4) is 5.75 Å². The second kappa shape index (κ2) is 2.96. The van der Waals surface area contributed by atoms with Crippen LogP contribution in [0.3, 0.4) is 0 Å². The maximum absolute atomic E-state index is 10.7. The van der Waals surface area contributed by atoms with Gasteiger partial charge in [0.15, 0.2) is 5.75 Å². The monoisotopic (exact) mass is 150 g/mol. The first-order chi connectivity index (χ1) is 5.24. The van der Waals surface area contributed by atoms with E-state index in [1.54, 1.807) is 0 Å². The summed E-state index contributed by atoms with van der Waals surface area (Å²) in [7, 11) is 0. The Hall–Kier alpha value is -1.64. The summed E-state index contributed by atoms with van der Waals surface area (Å²) in [6.45, 7) is 0. The van der Waals surface area contributed by atoms with Gasteiger partial charge in [-0.1, -0.05) is 0 Å². The number of carbonyl (C=O) groups is 1. The summed E-state index contributed by atoms with van der Waals surface area (Å²) in [4.78, 5) is 20.9. The lowest BCUT2D eigenvalue weighted by atomic mass is 10.3. The van der Waals surface area contributed by atoms with E-state index in [9.17, 15) is 9.59 Å². The zero-order valence-corrected chi connectivity index (χ0v) is 5.65. The van der Waals surface area contributed by atoms with Crippen LogP contribution >= 0.6 is 0 Å². The lowest BCUT2D eigenvalue weighted by Gasteiger charge is -1.76. The molecular weight excluding hydrogens is 144 g/mol. The van der Waals surface area contributed by atoms with Crippen molar-refractivity contribution >= 4 is 6.29 Å². The molecule has 1 rings (SSSR count). The first-order valence-corrected chi connectivity index (χ1v) is 3.02. The third kappa shape index (κ3) is 1.64. The molecule has 0 heterocycles. The van der Waals surface area contributed by atoms with Crippen LogP contribution < -0.4 is 5.43 Å². The second-order valence-corrected chi connectivity index (χ2v) is 2.03. The lowest BCUT2D eigenvalue weighted by molar-refractivity contribution is 0.112. The summed E-state index contributed by atoms with van der Waals surface area (Å²) in [5, 5.41) is 8.87. The first kappa shape index (κ1) is 7.47. The molecule has 0 spiro atoms. The Morgan fingerprint density at radius 3 is 2.45 bits per heavy atom. The quantitative estimate of drug-likeness (QED) is 0.595. The molecule has 0 aromatic heterocycles. The molecule has 0 unspecified atom stereocenters.